The summed E-state index contributed by atoms with van der Waals surface area (Å²) in [6, 6.07) is 8.17. The van der Waals surface area contributed by atoms with E-state index >= 15 is 0 Å². The van der Waals surface area contributed by atoms with Gasteiger partial charge in [0, 0.05) is 42.6 Å². The Morgan fingerprint density at radius 1 is 1.25 bits per heavy atom. The second kappa shape index (κ2) is 12.1. The lowest BCUT2D eigenvalue weighted by molar-refractivity contribution is -0.111. The summed E-state index contributed by atoms with van der Waals surface area (Å²) in [4.78, 5) is 23.3. The van der Waals surface area contributed by atoms with Crippen LogP contribution in [0.25, 0.3) is 0 Å². The third-order valence-corrected chi connectivity index (χ3v) is 6.87. The zero-order valence-corrected chi connectivity index (χ0v) is 23.6. The number of nitrogens with zero attached hydrogens (tertiary/aromatic N) is 3. The fraction of sp³-hybridized carbons (Fsp3) is 0.321. The summed E-state index contributed by atoms with van der Waals surface area (Å²) >= 11 is 6.01. The second-order valence-electron chi connectivity index (χ2n) is 9.87. The molecule has 3 aromatic rings. The van der Waals surface area contributed by atoms with E-state index in [0.717, 1.165) is 25.2 Å². The Balaban J connectivity index is 1.66. The standard InChI is InChI=1S/C28H33ClFN7O3/c1-6-26(38)34-21-13-22(24(40-5)14-23(21)37-10-8-16(15-37)31-4)35-27-32-9-7-25(36-27)33-20-12-18(29)19(30)11-17(20)28(2,3)39/h6-7,9,11-14,16,31,39H,1,8,10,15H2,2-5H3,(H,34,38)(H2,32,33,35,36)/t16-/m1/s1. The van der Waals surface area contributed by atoms with E-state index in [1.807, 2.05) is 13.1 Å². The van der Waals surface area contributed by atoms with Crippen LogP contribution >= 0.6 is 11.6 Å². The number of likely N-dealkylation sites (N-methyl/N-ethyl adjacent to an activating group) is 1. The molecule has 0 saturated carbocycles. The van der Waals surface area contributed by atoms with Gasteiger partial charge in [-0.3, -0.25) is 4.79 Å². The largest absolute Gasteiger partial charge is 0.494 e. The van der Waals surface area contributed by atoms with Crippen molar-refractivity contribution in [2.45, 2.75) is 31.9 Å². The Kier molecular flexibility index (Phi) is 8.77. The molecule has 1 aliphatic heterocycles. The number of carbonyl (C=O) groups excluding carboxylic acids is 1. The van der Waals surface area contributed by atoms with Crippen molar-refractivity contribution >= 4 is 52.0 Å². The molecule has 1 saturated heterocycles. The molecule has 0 spiro atoms. The van der Waals surface area contributed by atoms with Gasteiger partial charge in [-0.1, -0.05) is 18.2 Å². The van der Waals surface area contributed by atoms with Crippen molar-refractivity contribution in [3.8, 4) is 5.75 Å². The van der Waals surface area contributed by atoms with E-state index in [4.69, 9.17) is 16.3 Å². The van der Waals surface area contributed by atoms with Crippen LogP contribution in [0.15, 0.2) is 49.2 Å². The summed E-state index contributed by atoms with van der Waals surface area (Å²) < 4.78 is 19.8. The first-order valence-electron chi connectivity index (χ1n) is 12.7. The summed E-state index contributed by atoms with van der Waals surface area (Å²) in [7, 11) is 3.49. The first-order valence-corrected chi connectivity index (χ1v) is 13.1. The SMILES string of the molecule is C=CC(=O)Nc1cc(Nc2nccc(Nc3cc(Cl)c(F)cc3C(C)(C)O)n2)c(OC)cc1N1CC[C@@H](NC)C1. The molecule has 10 nitrogen and oxygen atoms in total. The molecule has 1 aliphatic rings. The van der Waals surface area contributed by atoms with Crippen LogP contribution in [0.5, 0.6) is 5.75 Å². The van der Waals surface area contributed by atoms with Crippen LogP contribution < -0.4 is 30.9 Å². The quantitative estimate of drug-likeness (QED) is 0.217. The van der Waals surface area contributed by atoms with Gasteiger partial charge < -0.3 is 36.0 Å². The maximum absolute atomic E-state index is 14.1. The van der Waals surface area contributed by atoms with Gasteiger partial charge in [-0.2, -0.15) is 4.98 Å². The number of halogens is 2. The van der Waals surface area contributed by atoms with Crippen LogP contribution in [0.2, 0.25) is 5.02 Å². The zero-order chi connectivity index (χ0) is 29.0. The normalized spacial score (nSPS) is 15.1. The van der Waals surface area contributed by atoms with E-state index in [1.54, 1.807) is 33.1 Å². The van der Waals surface area contributed by atoms with E-state index in [1.165, 1.54) is 24.4 Å². The van der Waals surface area contributed by atoms with Crippen molar-refractivity contribution in [1.82, 2.24) is 15.3 Å². The molecule has 5 N–H and O–H groups in total. The number of amides is 1. The Morgan fingerprint density at radius 3 is 2.67 bits per heavy atom. The fourth-order valence-electron chi connectivity index (χ4n) is 4.50. The number of ether oxygens (including phenoxy) is 1. The number of hydrogen-bond donors (Lipinski definition) is 5. The van der Waals surface area contributed by atoms with Gasteiger partial charge in [-0.05, 0) is 57.7 Å². The first-order chi connectivity index (χ1) is 19.0. The molecule has 1 amide bonds. The number of anilines is 6. The number of hydrogen-bond acceptors (Lipinski definition) is 9. The van der Waals surface area contributed by atoms with Crippen LogP contribution in [-0.4, -0.2) is 54.3 Å². The van der Waals surface area contributed by atoms with E-state index in [0.29, 0.717) is 40.2 Å². The van der Waals surface area contributed by atoms with Crippen LogP contribution in [0.4, 0.5) is 38.9 Å². The van der Waals surface area contributed by atoms with Gasteiger partial charge in [0.2, 0.25) is 11.9 Å². The first kappa shape index (κ1) is 29.1. The van der Waals surface area contributed by atoms with Gasteiger partial charge in [0.05, 0.1) is 34.8 Å². The monoisotopic (exact) mass is 569 g/mol. The van der Waals surface area contributed by atoms with E-state index in [2.05, 4.69) is 42.7 Å². The van der Waals surface area contributed by atoms with Gasteiger partial charge in [-0.25, -0.2) is 9.37 Å². The predicted molar refractivity (Wildman–Crippen MR) is 157 cm³/mol. The minimum atomic E-state index is -1.34. The molecule has 40 heavy (non-hydrogen) atoms. The summed E-state index contributed by atoms with van der Waals surface area (Å²) in [5, 5.41) is 22.9. The molecule has 212 valence electrons. The summed E-state index contributed by atoms with van der Waals surface area (Å²) in [6.07, 6.45) is 3.72. The van der Waals surface area contributed by atoms with E-state index in [9.17, 15) is 14.3 Å². The van der Waals surface area contributed by atoms with Crippen LogP contribution in [-0.2, 0) is 10.4 Å². The van der Waals surface area contributed by atoms with Crippen molar-refractivity contribution < 1.29 is 19.0 Å². The third-order valence-electron chi connectivity index (χ3n) is 6.58. The molecule has 0 radical (unpaired) electrons. The smallest absolute Gasteiger partial charge is 0.247 e. The van der Waals surface area contributed by atoms with Gasteiger partial charge in [0.15, 0.2) is 0 Å². The Morgan fingerprint density at radius 2 is 2.02 bits per heavy atom. The minimum Gasteiger partial charge on any atom is -0.494 e. The van der Waals surface area contributed by atoms with Gasteiger partial charge in [-0.15, -0.1) is 0 Å². The lowest BCUT2D eigenvalue weighted by Gasteiger charge is -2.24. The van der Waals surface area contributed by atoms with Gasteiger partial charge in [0.25, 0.3) is 0 Å². The highest BCUT2D eigenvalue weighted by molar-refractivity contribution is 6.31. The van der Waals surface area contributed by atoms with Crippen molar-refractivity contribution in [2.24, 2.45) is 0 Å². The number of methoxy groups -OCH3 is 1. The minimum absolute atomic E-state index is 0.0964. The highest BCUT2D eigenvalue weighted by atomic mass is 35.5. The van der Waals surface area contributed by atoms with Crippen LogP contribution in [0.3, 0.4) is 0 Å². The molecule has 4 rings (SSSR count). The third kappa shape index (κ3) is 6.61. The molecule has 0 unspecified atom stereocenters. The topological polar surface area (TPSA) is 124 Å². The fourth-order valence-corrected chi connectivity index (χ4v) is 4.66. The predicted octanol–water partition coefficient (Wildman–Crippen LogP) is 4.91. The average molecular weight is 570 g/mol. The molecule has 0 aliphatic carbocycles. The Hall–Kier alpha value is -3.93. The molecule has 0 bridgehead atoms. The number of aromatic nitrogens is 2. The van der Waals surface area contributed by atoms with Crippen LogP contribution in [0, 0.1) is 5.82 Å². The van der Waals surface area contributed by atoms with Crippen molar-refractivity contribution in [3.05, 3.63) is 65.6 Å². The number of aliphatic hydroxyl groups is 1. The molecule has 2 aromatic carbocycles. The highest BCUT2D eigenvalue weighted by Gasteiger charge is 2.26. The zero-order valence-electron chi connectivity index (χ0n) is 22.8. The van der Waals surface area contributed by atoms with Crippen molar-refractivity contribution in [2.75, 3.05) is 48.1 Å². The Labute approximate surface area is 237 Å². The number of nitrogens with one attached hydrogen (secondary N) is 4. The van der Waals surface area contributed by atoms with Crippen molar-refractivity contribution in [3.63, 3.8) is 0 Å². The Bertz CT molecular complexity index is 1410. The van der Waals surface area contributed by atoms with Crippen LogP contribution in [0.1, 0.15) is 25.8 Å². The van der Waals surface area contributed by atoms with E-state index < -0.39 is 11.4 Å². The number of carbonyl (C=O) groups is 1. The summed E-state index contributed by atoms with van der Waals surface area (Å²) in [6.45, 7) is 8.25. The molecular formula is C28H33ClFN7O3. The summed E-state index contributed by atoms with van der Waals surface area (Å²) in [5.74, 6) is 0.142. The molecule has 12 heteroatoms. The number of rotatable bonds is 10. The molecule has 1 fully saturated rings. The second-order valence-corrected chi connectivity index (χ2v) is 10.3. The molecule has 2 heterocycles. The highest BCUT2D eigenvalue weighted by Crippen LogP contribution is 2.40. The average Bonchev–Trinajstić information content (AvgIpc) is 3.39. The lowest BCUT2D eigenvalue weighted by Crippen LogP contribution is -2.30. The van der Waals surface area contributed by atoms with E-state index in [-0.39, 0.29) is 16.9 Å². The molecule has 1 atom stereocenters. The summed E-state index contributed by atoms with van der Waals surface area (Å²) in [5.41, 5.74) is 1.28. The molecular weight excluding hydrogens is 537 g/mol. The van der Waals surface area contributed by atoms with Gasteiger partial charge in [0.1, 0.15) is 17.4 Å². The van der Waals surface area contributed by atoms with Crippen molar-refractivity contribution in [1.29, 1.82) is 0 Å². The van der Waals surface area contributed by atoms with Gasteiger partial charge >= 0.3 is 0 Å². The maximum atomic E-state index is 14.1. The number of benzene rings is 2. The molecule has 1 aromatic heterocycles. The maximum Gasteiger partial charge on any atom is 0.247 e. The lowest BCUT2D eigenvalue weighted by atomic mass is 9.96.